The Morgan fingerprint density at radius 3 is 2.77 bits per heavy atom. The van der Waals surface area contributed by atoms with Crippen LogP contribution in [-0.2, 0) is 29.0 Å². The average Bonchev–Trinajstić information content (AvgIpc) is 3.16. The Morgan fingerprint density at radius 1 is 1.26 bits per heavy atom. The maximum atomic E-state index is 14.2. The molecule has 0 saturated carbocycles. The second-order valence-corrected chi connectivity index (χ2v) is 8.40. The normalized spacial score (nSPS) is 16.6. The number of piperidine rings is 1. The Bertz CT molecular complexity index is 1070. The van der Waals surface area contributed by atoms with Gasteiger partial charge in [0.25, 0.3) is 0 Å². The van der Waals surface area contributed by atoms with E-state index < -0.39 is 5.82 Å². The molecular weight excluding hydrogens is 395 g/mol. The Hall–Kier alpha value is -3.04. The molecule has 6 heteroatoms. The molecule has 2 aliphatic rings. The van der Waals surface area contributed by atoms with E-state index in [0.29, 0.717) is 23.3 Å². The molecule has 0 bridgehead atoms. The summed E-state index contributed by atoms with van der Waals surface area (Å²) in [6, 6.07) is 10.9. The smallest absolute Gasteiger partial charge is 0.338 e. The van der Waals surface area contributed by atoms with E-state index >= 15 is 0 Å². The first kappa shape index (κ1) is 21.2. The lowest BCUT2D eigenvalue weighted by atomic mass is 9.88. The number of rotatable bonds is 6. The zero-order valence-corrected chi connectivity index (χ0v) is 17.6. The van der Waals surface area contributed by atoms with Crippen LogP contribution in [0.4, 0.5) is 4.39 Å². The summed E-state index contributed by atoms with van der Waals surface area (Å²) < 4.78 is 19.2. The maximum Gasteiger partial charge on any atom is 0.338 e. The van der Waals surface area contributed by atoms with Crippen molar-refractivity contribution in [3.05, 3.63) is 69.5 Å². The van der Waals surface area contributed by atoms with Crippen LogP contribution in [0.1, 0.15) is 51.0 Å². The molecule has 2 aliphatic heterocycles. The van der Waals surface area contributed by atoms with Crippen LogP contribution in [0, 0.1) is 30.0 Å². The molecule has 0 aliphatic carbocycles. The van der Waals surface area contributed by atoms with E-state index in [1.54, 1.807) is 13.0 Å². The van der Waals surface area contributed by atoms with Gasteiger partial charge in [0.2, 0.25) is 0 Å². The highest BCUT2D eigenvalue weighted by atomic mass is 19.1. The lowest BCUT2D eigenvalue weighted by molar-refractivity contribution is -0.123. The zero-order chi connectivity index (χ0) is 22.0. The standard InChI is InChI=1S/C25H25FN2O3/c1-16-19(3-4-20(14-27)24(16)26)13-23(29)18-7-10-28(11-8-18)9-6-17-2-5-22-21(12-17)15-31-25(22)30/h2-5,12,18H,6-11,13,15H2,1H3. The van der Waals surface area contributed by atoms with Crippen molar-refractivity contribution in [2.75, 3.05) is 19.6 Å². The van der Waals surface area contributed by atoms with Crippen molar-refractivity contribution in [2.24, 2.45) is 5.92 Å². The van der Waals surface area contributed by atoms with E-state index in [1.165, 1.54) is 11.6 Å². The summed E-state index contributed by atoms with van der Waals surface area (Å²) in [6.07, 6.45) is 2.73. The summed E-state index contributed by atoms with van der Waals surface area (Å²) in [5.41, 5.74) is 3.90. The minimum absolute atomic E-state index is 0.00231. The van der Waals surface area contributed by atoms with E-state index in [-0.39, 0.29) is 29.7 Å². The minimum atomic E-state index is -0.523. The fourth-order valence-electron chi connectivity index (χ4n) is 4.44. The molecule has 0 atom stereocenters. The van der Waals surface area contributed by atoms with Crippen LogP contribution in [0.5, 0.6) is 0 Å². The number of Topliss-reactive ketones (excluding diaryl/α,β-unsaturated/α-hetero) is 1. The van der Waals surface area contributed by atoms with Gasteiger partial charge in [0.15, 0.2) is 0 Å². The van der Waals surface area contributed by atoms with E-state index in [4.69, 9.17) is 10.00 Å². The van der Waals surface area contributed by atoms with Gasteiger partial charge in [0.05, 0.1) is 11.1 Å². The molecule has 1 saturated heterocycles. The molecule has 0 N–H and O–H groups in total. The van der Waals surface area contributed by atoms with Gasteiger partial charge in [-0.05, 0) is 68.1 Å². The summed E-state index contributed by atoms with van der Waals surface area (Å²) >= 11 is 0. The highest BCUT2D eigenvalue weighted by molar-refractivity contribution is 5.93. The molecule has 160 valence electrons. The molecule has 2 aromatic carbocycles. The van der Waals surface area contributed by atoms with Crippen molar-refractivity contribution in [3.8, 4) is 6.07 Å². The first-order chi connectivity index (χ1) is 15.0. The molecule has 5 nitrogen and oxygen atoms in total. The van der Waals surface area contributed by atoms with E-state index in [0.717, 1.165) is 44.5 Å². The maximum absolute atomic E-state index is 14.2. The number of esters is 1. The number of ketones is 1. The van der Waals surface area contributed by atoms with Crippen LogP contribution in [0.25, 0.3) is 0 Å². The molecule has 0 radical (unpaired) electrons. The fourth-order valence-corrected chi connectivity index (χ4v) is 4.44. The number of halogens is 1. The molecule has 1 fully saturated rings. The van der Waals surface area contributed by atoms with Gasteiger partial charge in [-0.25, -0.2) is 9.18 Å². The third-order valence-corrected chi connectivity index (χ3v) is 6.49. The van der Waals surface area contributed by atoms with Gasteiger partial charge in [0, 0.05) is 24.4 Å². The molecular formula is C25H25FN2O3. The second kappa shape index (κ2) is 8.99. The number of cyclic esters (lactones) is 1. The van der Waals surface area contributed by atoms with Gasteiger partial charge in [-0.3, -0.25) is 4.79 Å². The number of likely N-dealkylation sites (tertiary alicyclic amines) is 1. The molecule has 4 rings (SSSR count). The van der Waals surface area contributed by atoms with E-state index in [9.17, 15) is 14.0 Å². The minimum Gasteiger partial charge on any atom is -0.457 e. The molecule has 2 aromatic rings. The lowest BCUT2D eigenvalue weighted by Gasteiger charge is -2.31. The number of fused-ring (bicyclic) bond motifs is 1. The van der Waals surface area contributed by atoms with Gasteiger partial charge in [0.1, 0.15) is 24.3 Å². The average molecular weight is 420 g/mol. The van der Waals surface area contributed by atoms with Gasteiger partial charge in [-0.1, -0.05) is 18.2 Å². The quantitative estimate of drug-likeness (QED) is 0.666. The molecule has 0 unspecified atom stereocenters. The Balaban J connectivity index is 1.27. The van der Waals surface area contributed by atoms with Gasteiger partial charge in [-0.15, -0.1) is 0 Å². The van der Waals surface area contributed by atoms with Crippen molar-refractivity contribution in [3.63, 3.8) is 0 Å². The predicted molar refractivity (Wildman–Crippen MR) is 113 cm³/mol. The van der Waals surface area contributed by atoms with Gasteiger partial charge < -0.3 is 9.64 Å². The number of hydrogen-bond acceptors (Lipinski definition) is 5. The third-order valence-electron chi connectivity index (χ3n) is 6.49. The van der Waals surface area contributed by atoms with Gasteiger partial charge >= 0.3 is 5.97 Å². The summed E-state index contributed by atoms with van der Waals surface area (Å²) in [6.45, 7) is 4.63. The fraction of sp³-hybridized carbons (Fsp3) is 0.400. The summed E-state index contributed by atoms with van der Waals surface area (Å²) in [4.78, 5) is 26.7. The number of carbonyl (C=O) groups excluding carboxylic acids is 2. The van der Waals surface area contributed by atoms with Crippen molar-refractivity contribution >= 4 is 11.8 Å². The molecule has 2 heterocycles. The Kier molecular flexibility index (Phi) is 6.15. The van der Waals surface area contributed by atoms with Crippen LogP contribution < -0.4 is 0 Å². The largest absolute Gasteiger partial charge is 0.457 e. The van der Waals surface area contributed by atoms with E-state index in [2.05, 4.69) is 11.0 Å². The Labute approximate surface area is 181 Å². The predicted octanol–water partition coefficient (Wildman–Crippen LogP) is 3.74. The topological polar surface area (TPSA) is 70.4 Å². The molecule has 0 aromatic heterocycles. The van der Waals surface area contributed by atoms with Crippen LogP contribution in [0.3, 0.4) is 0 Å². The first-order valence-corrected chi connectivity index (χ1v) is 10.7. The zero-order valence-electron chi connectivity index (χ0n) is 17.6. The number of benzene rings is 2. The lowest BCUT2D eigenvalue weighted by Crippen LogP contribution is -2.37. The SMILES string of the molecule is Cc1c(CC(=O)C2CCN(CCc3ccc4c(c3)COC4=O)CC2)ccc(C#N)c1F. The summed E-state index contributed by atoms with van der Waals surface area (Å²) in [7, 11) is 0. The van der Waals surface area contributed by atoms with Crippen LogP contribution in [0.2, 0.25) is 0 Å². The summed E-state index contributed by atoms with van der Waals surface area (Å²) in [5.74, 6) is -0.620. The second-order valence-electron chi connectivity index (χ2n) is 8.40. The van der Waals surface area contributed by atoms with Crippen LogP contribution in [0.15, 0.2) is 30.3 Å². The highest BCUT2D eigenvalue weighted by Crippen LogP contribution is 2.24. The van der Waals surface area contributed by atoms with Crippen molar-refractivity contribution in [1.82, 2.24) is 4.90 Å². The number of nitrogens with zero attached hydrogens (tertiary/aromatic N) is 2. The molecule has 0 spiro atoms. The third kappa shape index (κ3) is 4.52. The van der Waals surface area contributed by atoms with Crippen molar-refractivity contribution < 1.29 is 18.7 Å². The van der Waals surface area contributed by atoms with Gasteiger partial charge in [-0.2, -0.15) is 5.26 Å². The molecule has 31 heavy (non-hydrogen) atoms. The van der Waals surface area contributed by atoms with Crippen molar-refractivity contribution in [2.45, 2.75) is 39.2 Å². The Morgan fingerprint density at radius 2 is 2.03 bits per heavy atom. The van der Waals surface area contributed by atoms with Crippen molar-refractivity contribution in [1.29, 1.82) is 5.26 Å². The highest BCUT2D eigenvalue weighted by Gasteiger charge is 2.26. The summed E-state index contributed by atoms with van der Waals surface area (Å²) in [5, 5.41) is 8.93. The monoisotopic (exact) mass is 420 g/mol. The number of nitriles is 1. The number of carbonyl (C=O) groups is 2. The number of ether oxygens (including phenoxy) is 1. The first-order valence-electron chi connectivity index (χ1n) is 10.7. The number of hydrogen-bond donors (Lipinski definition) is 0. The molecule has 0 amide bonds. The van der Waals surface area contributed by atoms with Crippen LogP contribution >= 0.6 is 0 Å². The van der Waals surface area contributed by atoms with E-state index in [1.807, 2.05) is 18.2 Å². The van der Waals surface area contributed by atoms with Crippen LogP contribution in [-0.4, -0.2) is 36.3 Å².